The zero-order chi connectivity index (χ0) is 18.0. The summed E-state index contributed by atoms with van der Waals surface area (Å²) in [6.45, 7) is 0. The Morgan fingerprint density at radius 3 is 2.88 bits per heavy atom. The first kappa shape index (κ1) is 17.6. The van der Waals surface area contributed by atoms with Gasteiger partial charge in [-0.1, -0.05) is 35.9 Å². The number of thiocarbonyl (C=S) groups is 1. The van der Waals surface area contributed by atoms with E-state index in [2.05, 4.69) is 23.5 Å². The maximum atomic E-state index is 11.0. The van der Waals surface area contributed by atoms with Gasteiger partial charge in [0.2, 0.25) is 0 Å². The Morgan fingerprint density at radius 1 is 1.36 bits per heavy atom. The van der Waals surface area contributed by atoms with Gasteiger partial charge in [0, 0.05) is 19.2 Å². The minimum absolute atomic E-state index is 0.0274. The van der Waals surface area contributed by atoms with E-state index in [4.69, 9.17) is 23.8 Å². The molecule has 2 aromatic rings. The van der Waals surface area contributed by atoms with Gasteiger partial charge < -0.3 is 10.2 Å². The Hall–Kier alpha value is -2.18. The molecule has 25 heavy (non-hydrogen) atoms. The molecule has 0 aliphatic heterocycles. The van der Waals surface area contributed by atoms with E-state index in [-0.39, 0.29) is 11.7 Å². The van der Waals surface area contributed by atoms with Crippen molar-refractivity contribution in [2.45, 2.75) is 25.3 Å². The normalized spacial score (nSPS) is 16.0. The molecule has 0 fully saturated rings. The maximum Gasteiger partial charge on any atom is 0.271 e. The van der Waals surface area contributed by atoms with Crippen LogP contribution in [0.4, 0.5) is 11.4 Å². The number of anilines is 1. The summed E-state index contributed by atoms with van der Waals surface area (Å²) in [6, 6.07) is 12.8. The average molecular weight is 376 g/mol. The molecule has 1 aliphatic carbocycles. The zero-order valence-electron chi connectivity index (χ0n) is 13.7. The van der Waals surface area contributed by atoms with Crippen molar-refractivity contribution in [3.63, 3.8) is 0 Å². The smallest absolute Gasteiger partial charge is 0.271 e. The van der Waals surface area contributed by atoms with Crippen LogP contribution in [0.25, 0.3) is 0 Å². The molecule has 0 saturated carbocycles. The zero-order valence-corrected chi connectivity index (χ0v) is 15.3. The largest absolute Gasteiger partial charge is 0.345 e. The molecule has 0 spiro atoms. The highest BCUT2D eigenvalue weighted by Gasteiger charge is 2.25. The molecule has 0 amide bonds. The second kappa shape index (κ2) is 7.37. The van der Waals surface area contributed by atoms with Crippen LogP contribution >= 0.6 is 23.8 Å². The van der Waals surface area contributed by atoms with Crippen LogP contribution in [-0.2, 0) is 6.42 Å². The number of hydrogen-bond donors (Lipinski definition) is 1. The minimum Gasteiger partial charge on any atom is -0.345 e. The van der Waals surface area contributed by atoms with Crippen LogP contribution in [0.5, 0.6) is 0 Å². The number of nitrogens with one attached hydrogen (secondary N) is 1. The van der Waals surface area contributed by atoms with E-state index < -0.39 is 4.92 Å². The standard InChI is InChI=1S/C18H18ClN3O2S/c1-21(17-8-4-6-12-5-2-3-7-14(12)17)18(25)20-16-11-13(22(23)24)9-10-15(16)19/h2-3,5,7,9-11,17H,4,6,8H2,1H3,(H,20,25)/t17-/m0/s1. The second-order valence-corrected chi connectivity index (χ2v) is 6.86. The molecule has 0 aromatic heterocycles. The fraction of sp³-hybridized carbons (Fsp3) is 0.278. The summed E-state index contributed by atoms with van der Waals surface area (Å²) in [7, 11) is 1.94. The molecule has 130 valence electrons. The predicted molar refractivity (Wildman–Crippen MR) is 104 cm³/mol. The van der Waals surface area contributed by atoms with Crippen LogP contribution in [-0.4, -0.2) is 22.0 Å². The van der Waals surface area contributed by atoms with Gasteiger partial charge in [-0.25, -0.2) is 0 Å². The molecule has 5 nitrogen and oxygen atoms in total. The van der Waals surface area contributed by atoms with Crippen LogP contribution in [0.15, 0.2) is 42.5 Å². The highest BCUT2D eigenvalue weighted by atomic mass is 35.5. The molecule has 0 radical (unpaired) electrons. The monoisotopic (exact) mass is 375 g/mol. The predicted octanol–water partition coefficient (Wildman–Crippen LogP) is 4.95. The molecule has 2 aromatic carbocycles. The number of nitro groups is 1. The summed E-state index contributed by atoms with van der Waals surface area (Å²) < 4.78 is 0. The topological polar surface area (TPSA) is 58.4 Å². The highest BCUT2D eigenvalue weighted by molar-refractivity contribution is 7.80. The molecule has 3 rings (SSSR count). The molecule has 7 heteroatoms. The van der Waals surface area contributed by atoms with Crippen molar-refractivity contribution in [2.75, 3.05) is 12.4 Å². The maximum absolute atomic E-state index is 11.0. The molecule has 1 atom stereocenters. The number of hydrogen-bond acceptors (Lipinski definition) is 3. The van der Waals surface area contributed by atoms with Gasteiger partial charge in [-0.3, -0.25) is 10.1 Å². The first-order valence-corrected chi connectivity index (χ1v) is 8.81. The molecular formula is C18H18ClN3O2S. The van der Waals surface area contributed by atoms with Gasteiger partial charge in [-0.2, -0.15) is 0 Å². The SMILES string of the molecule is CN(C(=S)Nc1cc([N+](=O)[O-])ccc1Cl)[C@H]1CCCc2ccccc21. The van der Waals surface area contributed by atoms with E-state index in [1.54, 1.807) is 0 Å². The summed E-state index contributed by atoms with van der Waals surface area (Å²) in [5, 5.41) is 14.9. The van der Waals surface area contributed by atoms with Crippen molar-refractivity contribution >= 4 is 40.3 Å². The number of benzene rings is 2. The van der Waals surface area contributed by atoms with Gasteiger partial charge in [0.25, 0.3) is 5.69 Å². The lowest BCUT2D eigenvalue weighted by Gasteiger charge is -2.35. The Kier molecular flexibility index (Phi) is 5.20. The summed E-state index contributed by atoms with van der Waals surface area (Å²) in [5.41, 5.74) is 3.05. The van der Waals surface area contributed by atoms with Gasteiger partial charge in [-0.15, -0.1) is 0 Å². The molecule has 1 aliphatic rings. The first-order valence-electron chi connectivity index (χ1n) is 8.03. The lowest BCUT2D eigenvalue weighted by molar-refractivity contribution is -0.384. The van der Waals surface area contributed by atoms with Gasteiger partial charge >= 0.3 is 0 Å². The van der Waals surface area contributed by atoms with Crippen molar-refractivity contribution in [3.05, 3.63) is 68.7 Å². The second-order valence-electron chi connectivity index (χ2n) is 6.07. The lowest BCUT2D eigenvalue weighted by Crippen LogP contribution is -2.36. The van der Waals surface area contributed by atoms with Gasteiger partial charge in [-0.05, 0) is 48.7 Å². The van der Waals surface area contributed by atoms with Gasteiger partial charge in [0.15, 0.2) is 5.11 Å². The number of nitro benzene ring substituents is 1. The third-order valence-electron chi connectivity index (χ3n) is 4.53. The summed E-state index contributed by atoms with van der Waals surface area (Å²) in [6.07, 6.45) is 3.20. The van der Waals surface area contributed by atoms with E-state index in [1.807, 2.05) is 18.0 Å². The van der Waals surface area contributed by atoms with Crippen molar-refractivity contribution in [1.29, 1.82) is 0 Å². The lowest BCUT2D eigenvalue weighted by atomic mass is 9.87. The van der Waals surface area contributed by atoms with Crippen LogP contribution < -0.4 is 5.32 Å². The number of aryl methyl sites for hydroxylation is 1. The number of non-ortho nitro benzene ring substituents is 1. The number of halogens is 1. The molecular weight excluding hydrogens is 358 g/mol. The fourth-order valence-electron chi connectivity index (χ4n) is 3.20. The summed E-state index contributed by atoms with van der Waals surface area (Å²) in [5.74, 6) is 0. The quantitative estimate of drug-likeness (QED) is 0.467. The van der Waals surface area contributed by atoms with Crippen molar-refractivity contribution in [3.8, 4) is 0 Å². The fourth-order valence-corrected chi connectivity index (χ4v) is 3.60. The van der Waals surface area contributed by atoms with E-state index >= 15 is 0 Å². The van der Waals surface area contributed by atoms with Gasteiger partial charge in [0.05, 0.1) is 21.7 Å². The summed E-state index contributed by atoms with van der Waals surface area (Å²) in [4.78, 5) is 12.5. The number of nitrogens with zero attached hydrogens (tertiary/aromatic N) is 2. The van der Waals surface area contributed by atoms with E-state index in [1.165, 1.54) is 29.3 Å². The average Bonchev–Trinajstić information content (AvgIpc) is 2.62. The minimum atomic E-state index is -0.453. The number of rotatable bonds is 3. The van der Waals surface area contributed by atoms with Crippen LogP contribution in [0.1, 0.15) is 30.0 Å². The Morgan fingerprint density at radius 2 is 2.12 bits per heavy atom. The molecule has 0 unspecified atom stereocenters. The van der Waals surface area contributed by atoms with Crippen LogP contribution in [0.3, 0.4) is 0 Å². The van der Waals surface area contributed by atoms with E-state index in [9.17, 15) is 10.1 Å². The van der Waals surface area contributed by atoms with E-state index in [0.717, 1.165) is 19.3 Å². The third-order valence-corrected chi connectivity index (χ3v) is 5.25. The van der Waals surface area contributed by atoms with Crippen LogP contribution in [0.2, 0.25) is 5.02 Å². The molecule has 0 heterocycles. The highest BCUT2D eigenvalue weighted by Crippen LogP contribution is 2.34. The Bertz CT molecular complexity index is 828. The van der Waals surface area contributed by atoms with Crippen molar-refractivity contribution in [1.82, 2.24) is 4.90 Å². The third kappa shape index (κ3) is 3.75. The number of fused-ring (bicyclic) bond motifs is 1. The molecule has 1 N–H and O–H groups in total. The first-order chi connectivity index (χ1) is 12.0. The summed E-state index contributed by atoms with van der Waals surface area (Å²) >= 11 is 11.7. The van der Waals surface area contributed by atoms with E-state index in [0.29, 0.717) is 15.8 Å². The van der Waals surface area contributed by atoms with Gasteiger partial charge in [0.1, 0.15) is 0 Å². The van der Waals surface area contributed by atoms with Crippen molar-refractivity contribution < 1.29 is 4.92 Å². The molecule has 0 bridgehead atoms. The van der Waals surface area contributed by atoms with Crippen LogP contribution in [0, 0.1) is 10.1 Å². The van der Waals surface area contributed by atoms with Crippen molar-refractivity contribution in [2.24, 2.45) is 0 Å². The Labute approximate surface area is 156 Å². The Balaban J connectivity index is 1.80. The molecule has 0 saturated heterocycles.